The number of sulfonamides is 1. The van der Waals surface area contributed by atoms with E-state index in [-0.39, 0.29) is 29.6 Å². The first-order valence-electron chi connectivity index (χ1n) is 11.6. The molecule has 2 heterocycles. The van der Waals surface area contributed by atoms with E-state index in [0.717, 1.165) is 43.4 Å². The van der Waals surface area contributed by atoms with E-state index in [0.29, 0.717) is 19.0 Å². The SMILES string of the molecule is CCc1ccc2c(c1)CCC(C)N2S(=O)(=O)c1ccc(O[C@@H](CO)C2CCOCC2)cc1. The Kier molecular flexibility index (Phi) is 7.08. The van der Waals surface area contributed by atoms with Gasteiger partial charge >= 0.3 is 0 Å². The van der Waals surface area contributed by atoms with Gasteiger partial charge in [0, 0.05) is 25.2 Å². The van der Waals surface area contributed by atoms with Gasteiger partial charge in [-0.15, -0.1) is 0 Å². The normalized spacial score (nSPS) is 20.6. The molecule has 0 saturated carbocycles. The van der Waals surface area contributed by atoms with Gasteiger partial charge in [-0.05, 0) is 80.5 Å². The largest absolute Gasteiger partial charge is 0.488 e. The number of nitrogens with zero attached hydrogens (tertiary/aromatic N) is 1. The van der Waals surface area contributed by atoms with Crippen molar-refractivity contribution in [3.8, 4) is 5.75 Å². The van der Waals surface area contributed by atoms with Gasteiger partial charge in [0.15, 0.2) is 0 Å². The van der Waals surface area contributed by atoms with Crippen molar-refractivity contribution in [2.45, 2.75) is 63.0 Å². The lowest BCUT2D eigenvalue weighted by atomic mass is 9.94. The molecule has 0 aliphatic carbocycles. The Hall–Kier alpha value is -2.09. The molecule has 1 unspecified atom stereocenters. The van der Waals surface area contributed by atoms with Crippen molar-refractivity contribution in [2.75, 3.05) is 24.1 Å². The number of aliphatic hydroxyl groups is 1. The minimum absolute atomic E-state index is 0.0768. The molecule has 1 saturated heterocycles. The number of hydrogen-bond donors (Lipinski definition) is 1. The fourth-order valence-corrected chi connectivity index (χ4v) is 6.43. The number of hydrogen-bond acceptors (Lipinski definition) is 5. The smallest absolute Gasteiger partial charge is 0.264 e. The van der Waals surface area contributed by atoms with Crippen LogP contribution in [0.5, 0.6) is 5.75 Å². The van der Waals surface area contributed by atoms with Crippen molar-refractivity contribution in [3.05, 3.63) is 53.6 Å². The van der Waals surface area contributed by atoms with Crippen LogP contribution >= 0.6 is 0 Å². The van der Waals surface area contributed by atoms with E-state index in [1.54, 1.807) is 28.6 Å². The van der Waals surface area contributed by atoms with Gasteiger partial charge in [-0.1, -0.05) is 19.1 Å². The molecule has 174 valence electrons. The average molecular weight is 460 g/mol. The van der Waals surface area contributed by atoms with Crippen LogP contribution < -0.4 is 9.04 Å². The van der Waals surface area contributed by atoms with Crippen LogP contribution in [0.1, 0.15) is 44.2 Å². The van der Waals surface area contributed by atoms with Crippen LogP contribution in [0.15, 0.2) is 47.4 Å². The van der Waals surface area contributed by atoms with Crippen LogP contribution in [0.2, 0.25) is 0 Å². The van der Waals surface area contributed by atoms with Gasteiger partial charge in [0.1, 0.15) is 11.9 Å². The van der Waals surface area contributed by atoms with E-state index < -0.39 is 10.0 Å². The van der Waals surface area contributed by atoms with Crippen molar-refractivity contribution in [2.24, 2.45) is 5.92 Å². The molecule has 7 heteroatoms. The van der Waals surface area contributed by atoms with Gasteiger partial charge in [0.25, 0.3) is 10.0 Å². The number of ether oxygens (including phenoxy) is 2. The highest BCUT2D eigenvalue weighted by Gasteiger charge is 2.34. The van der Waals surface area contributed by atoms with E-state index in [1.807, 2.05) is 19.1 Å². The minimum Gasteiger partial charge on any atom is -0.488 e. The fraction of sp³-hybridized carbons (Fsp3) is 0.520. The highest BCUT2D eigenvalue weighted by atomic mass is 32.2. The molecular formula is C25H33NO5S. The Balaban J connectivity index is 1.56. The van der Waals surface area contributed by atoms with Crippen LogP contribution in [0.3, 0.4) is 0 Å². The number of aliphatic hydroxyl groups excluding tert-OH is 1. The summed E-state index contributed by atoms with van der Waals surface area (Å²) in [6.45, 7) is 5.35. The van der Waals surface area contributed by atoms with Gasteiger partial charge in [-0.2, -0.15) is 0 Å². The maximum Gasteiger partial charge on any atom is 0.264 e. The summed E-state index contributed by atoms with van der Waals surface area (Å²) in [7, 11) is -3.70. The summed E-state index contributed by atoms with van der Waals surface area (Å²) in [5, 5.41) is 9.78. The summed E-state index contributed by atoms with van der Waals surface area (Å²) in [5.74, 6) is 0.796. The molecule has 0 spiro atoms. The van der Waals surface area contributed by atoms with Gasteiger partial charge in [0.05, 0.1) is 17.2 Å². The molecule has 2 aromatic rings. The summed E-state index contributed by atoms with van der Waals surface area (Å²) in [6, 6.07) is 12.6. The second-order valence-corrected chi connectivity index (χ2v) is 10.6. The van der Waals surface area contributed by atoms with Crippen molar-refractivity contribution < 1.29 is 23.0 Å². The summed E-state index contributed by atoms with van der Waals surface area (Å²) in [4.78, 5) is 0.246. The van der Waals surface area contributed by atoms with Crippen LogP contribution in [-0.2, 0) is 27.6 Å². The van der Waals surface area contributed by atoms with E-state index in [4.69, 9.17) is 9.47 Å². The number of anilines is 1. The molecule has 0 bridgehead atoms. The molecular weight excluding hydrogens is 426 g/mol. The Morgan fingerprint density at radius 3 is 2.50 bits per heavy atom. The highest BCUT2D eigenvalue weighted by Crippen LogP contribution is 2.36. The predicted molar refractivity (Wildman–Crippen MR) is 125 cm³/mol. The van der Waals surface area contributed by atoms with Gasteiger partial charge in [0.2, 0.25) is 0 Å². The first kappa shape index (κ1) is 23.1. The predicted octanol–water partition coefficient (Wildman–Crippen LogP) is 3.95. The summed E-state index contributed by atoms with van der Waals surface area (Å²) >= 11 is 0. The molecule has 2 aromatic carbocycles. The standard InChI is InChI=1S/C25H33NO5S/c1-3-19-5-11-24-21(16-19)6-4-18(2)26(24)32(28,29)23-9-7-22(8-10-23)31-25(17-27)20-12-14-30-15-13-20/h5,7-11,16,18,20,25,27H,3-4,6,12-15,17H2,1-2H3/t18?,25-/m0/s1. The van der Waals surface area contributed by atoms with E-state index in [9.17, 15) is 13.5 Å². The Labute approximate surface area is 191 Å². The topological polar surface area (TPSA) is 76.1 Å². The maximum atomic E-state index is 13.6. The van der Waals surface area contributed by atoms with Crippen molar-refractivity contribution in [1.82, 2.24) is 0 Å². The second-order valence-electron chi connectivity index (χ2n) is 8.77. The lowest BCUT2D eigenvalue weighted by molar-refractivity contribution is -0.00307. The third-order valence-electron chi connectivity index (χ3n) is 6.66. The van der Waals surface area contributed by atoms with Crippen LogP contribution in [0.25, 0.3) is 0 Å². The zero-order valence-electron chi connectivity index (χ0n) is 18.9. The summed E-state index contributed by atoms with van der Waals surface area (Å²) < 4.78 is 40.1. The first-order chi connectivity index (χ1) is 15.4. The number of aryl methyl sites for hydroxylation is 2. The third kappa shape index (κ3) is 4.65. The van der Waals surface area contributed by atoms with Gasteiger partial charge in [-0.25, -0.2) is 8.42 Å². The van der Waals surface area contributed by atoms with E-state index in [2.05, 4.69) is 13.0 Å². The van der Waals surface area contributed by atoms with Crippen molar-refractivity contribution >= 4 is 15.7 Å². The summed E-state index contributed by atoms with van der Waals surface area (Å²) in [6.07, 6.45) is 4.00. The molecule has 0 radical (unpaired) electrons. The first-order valence-corrected chi connectivity index (χ1v) is 13.0. The van der Waals surface area contributed by atoms with Gasteiger partial charge < -0.3 is 14.6 Å². The Bertz CT molecular complexity index is 1020. The number of rotatable bonds is 7. The van der Waals surface area contributed by atoms with Crippen LogP contribution in [-0.4, -0.2) is 45.5 Å². The lowest BCUT2D eigenvalue weighted by Crippen LogP contribution is -2.42. The van der Waals surface area contributed by atoms with E-state index >= 15 is 0 Å². The van der Waals surface area contributed by atoms with Crippen LogP contribution in [0, 0.1) is 5.92 Å². The number of fused-ring (bicyclic) bond motifs is 1. The minimum atomic E-state index is -3.70. The van der Waals surface area contributed by atoms with Crippen LogP contribution in [0.4, 0.5) is 5.69 Å². The lowest BCUT2D eigenvalue weighted by Gasteiger charge is -2.36. The molecule has 0 aromatic heterocycles. The average Bonchev–Trinajstić information content (AvgIpc) is 2.82. The molecule has 6 nitrogen and oxygen atoms in total. The van der Waals surface area contributed by atoms with Crippen molar-refractivity contribution in [1.29, 1.82) is 0 Å². The summed E-state index contributed by atoms with van der Waals surface area (Å²) in [5.41, 5.74) is 3.09. The monoisotopic (exact) mass is 459 g/mol. The maximum absolute atomic E-state index is 13.6. The highest BCUT2D eigenvalue weighted by molar-refractivity contribution is 7.92. The van der Waals surface area contributed by atoms with Gasteiger partial charge in [-0.3, -0.25) is 4.31 Å². The molecule has 2 aliphatic rings. The molecule has 0 amide bonds. The second kappa shape index (κ2) is 9.81. The molecule has 1 fully saturated rings. The van der Waals surface area contributed by atoms with E-state index in [1.165, 1.54) is 5.56 Å². The number of benzene rings is 2. The third-order valence-corrected chi connectivity index (χ3v) is 8.60. The van der Waals surface area contributed by atoms with Crippen molar-refractivity contribution in [3.63, 3.8) is 0 Å². The molecule has 2 atom stereocenters. The molecule has 4 rings (SSSR count). The zero-order chi connectivity index (χ0) is 22.7. The fourth-order valence-electron chi connectivity index (χ4n) is 4.71. The quantitative estimate of drug-likeness (QED) is 0.679. The Morgan fingerprint density at radius 2 is 1.84 bits per heavy atom. The molecule has 1 N–H and O–H groups in total. The molecule has 32 heavy (non-hydrogen) atoms. The molecule has 2 aliphatic heterocycles. The Morgan fingerprint density at radius 1 is 1.12 bits per heavy atom. The zero-order valence-corrected chi connectivity index (χ0v) is 19.7.